The standard InChI is InChI=1S/C12H13BrClNO4S/c13-9-5-4-8(14)7-11(9)20(18,19)15-6-2-1-3-10(15)12(16)17/h4-5,7,10H,1-3,6H2,(H,16,17). The zero-order chi connectivity index (χ0) is 14.9. The first-order valence-corrected chi connectivity index (χ1v) is 8.65. The summed E-state index contributed by atoms with van der Waals surface area (Å²) in [6, 6.07) is 3.42. The molecule has 1 aliphatic rings. The zero-order valence-electron chi connectivity index (χ0n) is 10.4. The molecule has 0 aliphatic carbocycles. The van der Waals surface area contributed by atoms with E-state index in [2.05, 4.69) is 15.9 Å². The predicted octanol–water partition coefficient (Wildman–Crippen LogP) is 2.73. The van der Waals surface area contributed by atoms with E-state index in [0.717, 1.165) is 4.31 Å². The molecule has 2 rings (SSSR count). The van der Waals surface area contributed by atoms with Gasteiger partial charge in [-0.25, -0.2) is 8.42 Å². The molecular formula is C12H13BrClNO4S. The molecule has 0 spiro atoms. The Morgan fingerprint density at radius 2 is 2.10 bits per heavy atom. The van der Waals surface area contributed by atoms with Crippen LogP contribution in [0.1, 0.15) is 19.3 Å². The Morgan fingerprint density at radius 3 is 2.75 bits per heavy atom. The fraction of sp³-hybridized carbons (Fsp3) is 0.417. The number of carboxylic acid groups (broad SMARTS) is 1. The van der Waals surface area contributed by atoms with Gasteiger partial charge in [0.1, 0.15) is 6.04 Å². The lowest BCUT2D eigenvalue weighted by atomic mass is 10.1. The highest BCUT2D eigenvalue weighted by atomic mass is 79.9. The van der Waals surface area contributed by atoms with Crippen LogP contribution in [0, 0.1) is 0 Å². The van der Waals surface area contributed by atoms with Gasteiger partial charge in [-0.05, 0) is 53.4 Å². The molecule has 1 atom stereocenters. The van der Waals surface area contributed by atoms with E-state index in [1.807, 2.05) is 0 Å². The quantitative estimate of drug-likeness (QED) is 0.872. The smallest absolute Gasteiger partial charge is 0.322 e. The Balaban J connectivity index is 2.47. The summed E-state index contributed by atoms with van der Waals surface area (Å²) < 4.78 is 26.7. The largest absolute Gasteiger partial charge is 0.480 e. The number of piperidine rings is 1. The van der Waals surface area contributed by atoms with Crippen LogP contribution in [0.2, 0.25) is 5.02 Å². The fourth-order valence-electron chi connectivity index (χ4n) is 2.24. The van der Waals surface area contributed by atoms with Crippen LogP contribution in [0.4, 0.5) is 0 Å². The number of benzene rings is 1. The van der Waals surface area contributed by atoms with Gasteiger partial charge in [0.05, 0.1) is 4.90 Å². The van der Waals surface area contributed by atoms with Crippen molar-refractivity contribution in [2.45, 2.75) is 30.2 Å². The molecular weight excluding hydrogens is 370 g/mol. The van der Waals surface area contributed by atoms with Crippen molar-refractivity contribution < 1.29 is 18.3 Å². The lowest BCUT2D eigenvalue weighted by Gasteiger charge is -2.32. The summed E-state index contributed by atoms with van der Waals surface area (Å²) in [5.74, 6) is -1.12. The summed E-state index contributed by atoms with van der Waals surface area (Å²) in [6.07, 6.45) is 1.69. The maximum Gasteiger partial charge on any atom is 0.322 e. The minimum atomic E-state index is -3.89. The van der Waals surface area contributed by atoms with Crippen molar-refractivity contribution >= 4 is 43.5 Å². The number of nitrogens with zero attached hydrogens (tertiary/aromatic N) is 1. The van der Waals surface area contributed by atoms with Gasteiger partial charge in [0.2, 0.25) is 10.0 Å². The minimum Gasteiger partial charge on any atom is -0.480 e. The van der Waals surface area contributed by atoms with E-state index in [9.17, 15) is 18.3 Å². The van der Waals surface area contributed by atoms with Crippen LogP contribution in [-0.2, 0) is 14.8 Å². The summed E-state index contributed by atoms with van der Waals surface area (Å²) in [5.41, 5.74) is 0. The molecule has 0 radical (unpaired) electrons. The highest BCUT2D eigenvalue weighted by molar-refractivity contribution is 9.10. The third-order valence-corrected chi connectivity index (χ3v) is 6.36. The fourth-order valence-corrected chi connectivity index (χ4v) is 5.08. The second kappa shape index (κ2) is 6.01. The highest BCUT2D eigenvalue weighted by Gasteiger charge is 2.38. The molecule has 1 heterocycles. The summed E-state index contributed by atoms with van der Waals surface area (Å²) in [7, 11) is -3.89. The number of carboxylic acids is 1. The van der Waals surface area contributed by atoms with E-state index in [-0.39, 0.29) is 16.5 Å². The summed E-state index contributed by atoms with van der Waals surface area (Å²) in [6.45, 7) is 0.207. The van der Waals surface area contributed by atoms with Gasteiger partial charge in [-0.15, -0.1) is 0 Å². The lowest BCUT2D eigenvalue weighted by molar-refractivity contribution is -0.142. The first kappa shape index (κ1) is 15.8. The maximum absolute atomic E-state index is 12.6. The lowest BCUT2D eigenvalue weighted by Crippen LogP contribution is -2.47. The van der Waals surface area contributed by atoms with Gasteiger partial charge in [0, 0.05) is 16.0 Å². The Bertz CT molecular complexity index is 634. The van der Waals surface area contributed by atoms with Gasteiger partial charge in [0.15, 0.2) is 0 Å². The average Bonchev–Trinajstić information content (AvgIpc) is 2.41. The van der Waals surface area contributed by atoms with E-state index in [1.165, 1.54) is 12.1 Å². The van der Waals surface area contributed by atoms with Gasteiger partial charge in [-0.2, -0.15) is 4.31 Å². The molecule has 110 valence electrons. The molecule has 20 heavy (non-hydrogen) atoms. The second-order valence-corrected chi connectivity index (χ2v) is 7.69. The first-order chi connectivity index (χ1) is 9.34. The number of sulfonamides is 1. The average molecular weight is 383 g/mol. The van der Waals surface area contributed by atoms with Gasteiger partial charge < -0.3 is 5.11 Å². The van der Waals surface area contributed by atoms with Gasteiger partial charge in [-0.3, -0.25) is 4.79 Å². The van der Waals surface area contributed by atoms with Gasteiger partial charge >= 0.3 is 5.97 Å². The molecule has 0 bridgehead atoms. The van der Waals surface area contributed by atoms with Crippen molar-refractivity contribution in [1.82, 2.24) is 4.31 Å². The van der Waals surface area contributed by atoms with Crippen LogP contribution in [0.5, 0.6) is 0 Å². The Morgan fingerprint density at radius 1 is 1.40 bits per heavy atom. The molecule has 8 heteroatoms. The number of halogens is 2. The number of carbonyl (C=O) groups is 1. The SMILES string of the molecule is O=C(O)C1CCCCN1S(=O)(=O)c1cc(Cl)ccc1Br. The Kier molecular flexibility index (Phi) is 4.73. The third-order valence-electron chi connectivity index (χ3n) is 3.22. The monoisotopic (exact) mass is 381 g/mol. The molecule has 1 unspecified atom stereocenters. The summed E-state index contributed by atoms with van der Waals surface area (Å²) in [5, 5.41) is 9.49. The van der Waals surface area contributed by atoms with Crippen LogP contribution in [-0.4, -0.2) is 36.4 Å². The molecule has 1 aromatic carbocycles. The topological polar surface area (TPSA) is 74.7 Å². The van der Waals surface area contributed by atoms with Crippen molar-refractivity contribution in [3.05, 3.63) is 27.7 Å². The third kappa shape index (κ3) is 3.00. The second-order valence-electron chi connectivity index (χ2n) is 4.54. The number of aliphatic carboxylic acids is 1. The molecule has 1 saturated heterocycles. The van der Waals surface area contributed by atoms with Crippen molar-refractivity contribution in [1.29, 1.82) is 0 Å². The molecule has 1 fully saturated rings. The Hall–Kier alpha value is -0.630. The number of hydrogen-bond acceptors (Lipinski definition) is 3. The first-order valence-electron chi connectivity index (χ1n) is 6.04. The van der Waals surface area contributed by atoms with E-state index >= 15 is 0 Å². The van der Waals surface area contributed by atoms with E-state index in [1.54, 1.807) is 6.07 Å². The molecule has 5 nitrogen and oxygen atoms in total. The van der Waals surface area contributed by atoms with Crippen LogP contribution < -0.4 is 0 Å². The Labute approximate surface area is 130 Å². The van der Waals surface area contributed by atoms with Crippen LogP contribution in [0.25, 0.3) is 0 Å². The highest BCUT2D eigenvalue weighted by Crippen LogP contribution is 2.31. The molecule has 1 aliphatic heterocycles. The van der Waals surface area contributed by atoms with E-state index in [0.29, 0.717) is 23.7 Å². The van der Waals surface area contributed by atoms with Gasteiger partial charge in [0.25, 0.3) is 0 Å². The zero-order valence-corrected chi connectivity index (χ0v) is 13.6. The molecule has 0 aromatic heterocycles. The van der Waals surface area contributed by atoms with Crippen molar-refractivity contribution in [3.63, 3.8) is 0 Å². The van der Waals surface area contributed by atoms with Crippen LogP contribution in [0.3, 0.4) is 0 Å². The molecule has 0 saturated carbocycles. The molecule has 0 amide bonds. The maximum atomic E-state index is 12.6. The number of rotatable bonds is 3. The normalized spacial score (nSPS) is 20.8. The van der Waals surface area contributed by atoms with Crippen molar-refractivity contribution in [2.24, 2.45) is 0 Å². The van der Waals surface area contributed by atoms with Gasteiger partial charge in [-0.1, -0.05) is 11.6 Å². The molecule has 1 aromatic rings. The van der Waals surface area contributed by atoms with Crippen molar-refractivity contribution in [2.75, 3.05) is 6.54 Å². The predicted molar refractivity (Wildman–Crippen MR) is 78.3 cm³/mol. The van der Waals surface area contributed by atoms with Crippen LogP contribution in [0.15, 0.2) is 27.6 Å². The van der Waals surface area contributed by atoms with Crippen molar-refractivity contribution in [3.8, 4) is 0 Å². The summed E-state index contributed by atoms with van der Waals surface area (Å²) >= 11 is 9.02. The van der Waals surface area contributed by atoms with E-state index < -0.39 is 22.0 Å². The van der Waals surface area contributed by atoms with Crippen LogP contribution >= 0.6 is 27.5 Å². The minimum absolute atomic E-state index is 0.00171. The molecule has 1 N–H and O–H groups in total. The summed E-state index contributed by atoms with van der Waals surface area (Å²) in [4.78, 5) is 11.2. The number of hydrogen-bond donors (Lipinski definition) is 1. The van der Waals surface area contributed by atoms with E-state index in [4.69, 9.17) is 11.6 Å².